The molecule has 0 aliphatic carbocycles. The van der Waals surface area contributed by atoms with Crippen LogP contribution >= 0.6 is 0 Å². The Morgan fingerprint density at radius 3 is 2.74 bits per heavy atom. The Labute approximate surface area is 113 Å². The van der Waals surface area contributed by atoms with E-state index in [-0.39, 0.29) is 11.6 Å². The van der Waals surface area contributed by atoms with E-state index >= 15 is 0 Å². The number of alkyl halides is 2. The molecule has 106 valence electrons. The lowest BCUT2D eigenvalue weighted by molar-refractivity contribution is 0.132. The van der Waals surface area contributed by atoms with E-state index < -0.39 is 6.43 Å². The molecule has 0 amide bonds. The summed E-state index contributed by atoms with van der Waals surface area (Å²) in [5.74, 6) is 0.654. The van der Waals surface area contributed by atoms with Gasteiger partial charge in [0.15, 0.2) is 0 Å². The average Bonchev–Trinajstić information content (AvgIpc) is 2.40. The van der Waals surface area contributed by atoms with E-state index in [9.17, 15) is 8.78 Å². The molecular weight excluding hydrogens is 246 g/mol. The predicted octanol–water partition coefficient (Wildman–Crippen LogP) is 3.36. The summed E-state index contributed by atoms with van der Waals surface area (Å²) < 4.78 is 25.5. The van der Waals surface area contributed by atoms with Gasteiger partial charge < -0.3 is 5.73 Å². The van der Waals surface area contributed by atoms with Crippen LogP contribution in [0.25, 0.3) is 0 Å². The van der Waals surface area contributed by atoms with Crippen LogP contribution in [0.15, 0.2) is 24.3 Å². The molecule has 0 radical (unpaired) electrons. The molecule has 2 atom stereocenters. The van der Waals surface area contributed by atoms with Gasteiger partial charge in [-0.25, -0.2) is 8.78 Å². The molecule has 2 N–H and O–H groups in total. The van der Waals surface area contributed by atoms with Crippen molar-refractivity contribution in [2.45, 2.75) is 32.2 Å². The molecule has 1 saturated heterocycles. The Bertz CT molecular complexity index is 409. The number of hydrogen-bond donors (Lipinski definition) is 1. The Hall–Kier alpha value is -1.00. The van der Waals surface area contributed by atoms with Crippen molar-refractivity contribution in [3.63, 3.8) is 0 Å². The van der Waals surface area contributed by atoms with Gasteiger partial charge in [0, 0.05) is 24.7 Å². The van der Waals surface area contributed by atoms with Crippen LogP contribution in [0, 0.1) is 5.92 Å². The van der Waals surface area contributed by atoms with Gasteiger partial charge in [0.1, 0.15) is 0 Å². The Kier molecular flexibility index (Phi) is 4.88. The molecule has 0 aromatic heterocycles. The van der Waals surface area contributed by atoms with Gasteiger partial charge in [0.25, 0.3) is 6.43 Å². The van der Waals surface area contributed by atoms with Crippen LogP contribution in [0.4, 0.5) is 8.78 Å². The van der Waals surface area contributed by atoms with E-state index in [1.54, 1.807) is 12.1 Å². The number of nitrogens with zero attached hydrogens (tertiary/aromatic N) is 1. The van der Waals surface area contributed by atoms with Crippen LogP contribution < -0.4 is 5.73 Å². The molecule has 0 spiro atoms. The van der Waals surface area contributed by atoms with E-state index in [1.165, 1.54) is 12.5 Å². The van der Waals surface area contributed by atoms with Gasteiger partial charge in [-0.2, -0.15) is 0 Å². The van der Waals surface area contributed by atoms with Crippen molar-refractivity contribution in [1.29, 1.82) is 0 Å². The highest BCUT2D eigenvalue weighted by Gasteiger charge is 2.24. The smallest absolute Gasteiger partial charge is 0.263 e. The minimum atomic E-state index is -2.42. The fourth-order valence-electron chi connectivity index (χ4n) is 2.91. The number of rotatable bonds is 4. The van der Waals surface area contributed by atoms with Crippen molar-refractivity contribution in [1.82, 2.24) is 4.90 Å². The molecule has 1 aliphatic heterocycles. The topological polar surface area (TPSA) is 29.3 Å². The third-order valence-electron chi connectivity index (χ3n) is 3.90. The Morgan fingerprint density at radius 2 is 2.11 bits per heavy atom. The number of piperidine rings is 1. The standard InChI is InChI=1S/C15H22F2N2/c1-11-4-3-7-19(10-11)14(9-18)12-5-2-6-13(8-12)15(16)17/h2,5-6,8,11,14-15H,3-4,7,9-10,18H2,1H3. The number of likely N-dealkylation sites (tertiary alicyclic amines) is 1. The molecule has 1 fully saturated rings. The first kappa shape index (κ1) is 14.4. The summed E-state index contributed by atoms with van der Waals surface area (Å²) in [7, 11) is 0. The second-order valence-electron chi connectivity index (χ2n) is 5.46. The molecule has 1 aromatic rings. The van der Waals surface area contributed by atoms with Crippen molar-refractivity contribution >= 4 is 0 Å². The van der Waals surface area contributed by atoms with Crippen molar-refractivity contribution in [3.8, 4) is 0 Å². The predicted molar refractivity (Wildman–Crippen MR) is 73.2 cm³/mol. The minimum absolute atomic E-state index is 0.0569. The first-order chi connectivity index (χ1) is 9.11. The molecule has 0 saturated carbocycles. The third kappa shape index (κ3) is 3.51. The highest BCUT2D eigenvalue weighted by Crippen LogP contribution is 2.28. The van der Waals surface area contributed by atoms with Crippen molar-refractivity contribution in [2.75, 3.05) is 19.6 Å². The second kappa shape index (κ2) is 6.44. The molecule has 19 heavy (non-hydrogen) atoms. The fourth-order valence-corrected chi connectivity index (χ4v) is 2.91. The summed E-state index contributed by atoms with van der Waals surface area (Å²) in [6.45, 7) is 4.71. The molecule has 1 heterocycles. The summed E-state index contributed by atoms with van der Waals surface area (Å²) in [6, 6.07) is 6.74. The molecule has 4 heteroatoms. The van der Waals surface area contributed by atoms with Gasteiger partial charge >= 0.3 is 0 Å². The maximum atomic E-state index is 12.8. The summed E-state index contributed by atoms with van der Waals surface area (Å²) >= 11 is 0. The van der Waals surface area contributed by atoms with Gasteiger partial charge in [-0.1, -0.05) is 25.1 Å². The average molecular weight is 268 g/mol. The van der Waals surface area contributed by atoms with E-state index in [2.05, 4.69) is 11.8 Å². The second-order valence-corrected chi connectivity index (χ2v) is 5.46. The van der Waals surface area contributed by atoms with E-state index in [0.29, 0.717) is 12.5 Å². The van der Waals surface area contributed by atoms with E-state index in [0.717, 1.165) is 25.1 Å². The Morgan fingerprint density at radius 1 is 1.37 bits per heavy atom. The molecule has 2 nitrogen and oxygen atoms in total. The number of benzene rings is 1. The van der Waals surface area contributed by atoms with Crippen molar-refractivity contribution in [3.05, 3.63) is 35.4 Å². The monoisotopic (exact) mass is 268 g/mol. The molecule has 1 aromatic carbocycles. The first-order valence-corrected chi connectivity index (χ1v) is 6.94. The van der Waals surface area contributed by atoms with Crippen LogP contribution in [-0.4, -0.2) is 24.5 Å². The number of hydrogen-bond acceptors (Lipinski definition) is 2. The summed E-state index contributed by atoms with van der Waals surface area (Å²) in [6.07, 6.45) is -0.0180. The highest BCUT2D eigenvalue weighted by atomic mass is 19.3. The summed E-state index contributed by atoms with van der Waals surface area (Å²) in [5, 5.41) is 0. The zero-order chi connectivity index (χ0) is 13.8. The maximum Gasteiger partial charge on any atom is 0.263 e. The SMILES string of the molecule is CC1CCCN(C(CN)c2cccc(C(F)F)c2)C1. The first-order valence-electron chi connectivity index (χ1n) is 6.94. The number of halogens is 2. The molecule has 1 aliphatic rings. The summed E-state index contributed by atoms with van der Waals surface area (Å²) in [5.41, 5.74) is 6.87. The van der Waals surface area contributed by atoms with Crippen molar-refractivity contribution < 1.29 is 8.78 Å². The largest absolute Gasteiger partial charge is 0.329 e. The lowest BCUT2D eigenvalue weighted by Gasteiger charge is -2.37. The Balaban J connectivity index is 2.18. The van der Waals surface area contributed by atoms with Crippen LogP contribution in [0.3, 0.4) is 0 Å². The van der Waals surface area contributed by atoms with Crippen LogP contribution in [0.2, 0.25) is 0 Å². The van der Waals surface area contributed by atoms with E-state index in [1.807, 2.05) is 6.07 Å². The lowest BCUT2D eigenvalue weighted by Crippen LogP contribution is -2.40. The fraction of sp³-hybridized carbons (Fsp3) is 0.600. The van der Waals surface area contributed by atoms with E-state index in [4.69, 9.17) is 5.73 Å². The van der Waals surface area contributed by atoms with Crippen LogP contribution in [-0.2, 0) is 0 Å². The molecule has 2 rings (SSSR count). The highest BCUT2D eigenvalue weighted by molar-refractivity contribution is 5.27. The molecule has 2 unspecified atom stereocenters. The van der Waals surface area contributed by atoms with Gasteiger partial charge in [-0.3, -0.25) is 4.90 Å². The lowest BCUT2D eigenvalue weighted by atomic mass is 9.95. The van der Waals surface area contributed by atoms with Gasteiger partial charge in [-0.15, -0.1) is 0 Å². The molecule has 0 bridgehead atoms. The third-order valence-corrected chi connectivity index (χ3v) is 3.90. The number of nitrogens with two attached hydrogens (primary N) is 1. The zero-order valence-corrected chi connectivity index (χ0v) is 11.4. The molecular formula is C15H22F2N2. The normalized spacial score (nSPS) is 22.7. The van der Waals surface area contributed by atoms with Crippen molar-refractivity contribution in [2.24, 2.45) is 11.7 Å². The minimum Gasteiger partial charge on any atom is -0.329 e. The zero-order valence-electron chi connectivity index (χ0n) is 11.4. The summed E-state index contributed by atoms with van der Waals surface area (Å²) in [4.78, 5) is 2.33. The van der Waals surface area contributed by atoms with Gasteiger partial charge in [-0.05, 0) is 36.9 Å². The maximum absolute atomic E-state index is 12.8. The van der Waals surface area contributed by atoms with Crippen LogP contribution in [0.5, 0.6) is 0 Å². The van der Waals surface area contributed by atoms with Crippen LogP contribution in [0.1, 0.15) is 43.4 Å². The van der Waals surface area contributed by atoms with Gasteiger partial charge in [0.2, 0.25) is 0 Å². The van der Waals surface area contributed by atoms with Gasteiger partial charge in [0.05, 0.1) is 0 Å². The quantitative estimate of drug-likeness (QED) is 0.907.